The van der Waals surface area contributed by atoms with Gasteiger partial charge in [0.15, 0.2) is 6.61 Å². The summed E-state index contributed by atoms with van der Waals surface area (Å²) >= 11 is 1.29. The van der Waals surface area contributed by atoms with Gasteiger partial charge in [-0.15, -0.1) is 11.3 Å². The molecule has 0 radical (unpaired) electrons. The van der Waals surface area contributed by atoms with Crippen molar-refractivity contribution in [2.75, 3.05) is 29.9 Å². The third kappa shape index (κ3) is 5.09. The maximum atomic E-state index is 13.7. The van der Waals surface area contributed by atoms with Crippen molar-refractivity contribution in [3.05, 3.63) is 69.6 Å². The number of hydrogen-bond acceptors (Lipinski definition) is 8. The Bertz CT molecular complexity index is 1580. The SMILES string of the molecule is COc1ccc(C(=O)OCC(=O)Nc2sc3c(c2C(N)=O)CCC3)cc1S(=O)(=O)N1CCCc2ccccc21. The van der Waals surface area contributed by atoms with Crippen LogP contribution in [0.15, 0.2) is 47.4 Å². The molecule has 2 aromatic carbocycles. The van der Waals surface area contributed by atoms with Crippen molar-refractivity contribution < 1.29 is 32.3 Å². The van der Waals surface area contributed by atoms with Gasteiger partial charge in [0.25, 0.3) is 21.8 Å². The summed E-state index contributed by atoms with van der Waals surface area (Å²) in [6.07, 6.45) is 3.89. The van der Waals surface area contributed by atoms with Gasteiger partial charge in [0.2, 0.25) is 0 Å². The molecule has 1 aliphatic heterocycles. The summed E-state index contributed by atoms with van der Waals surface area (Å²) < 4.78 is 39.2. The second-order valence-corrected chi connectivity index (χ2v) is 12.2. The van der Waals surface area contributed by atoms with E-state index in [1.54, 1.807) is 12.1 Å². The van der Waals surface area contributed by atoms with Gasteiger partial charge < -0.3 is 20.5 Å². The van der Waals surface area contributed by atoms with E-state index in [0.29, 0.717) is 22.7 Å². The van der Waals surface area contributed by atoms with E-state index in [1.807, 2.05) is 12.1 Å². The average molecular weight is 570 g/mol. The first kappa shape index (κ1) is 26.7. The van der Waals surface area contributed by atoms with Crippen LogP contribution in [-0.2, 0) is 38.8 Å². The summed E-state index contributed by atoms with van der Waals surface area (Å²) in [5.41, 5.74) is 8.15. The molecular formula is C27H27N3O7S2. The molecule has 0 atom stereocenters. The van der Waals surface area contributed by atoms with Gasteiger partial charge in [0.05, 0.1) is 23.9 Å². The van der Waals surface area contributed by atoms with Crippen LogP contribution in [0.1, 0.15) is 49.6 Å². The standard InChI is InChI=1S/C27H27N3O7S2/c1-36-20-12-11-17(14-22(20)39(34,35)30-13-5-7-16-6-2-3-9-19(16)30)27(33)37-15-23(31)29-26-24(25(28)32)18-8-4-10-21(18)38-26/h2-3,6,9,11-12,14H,4-5,7-8,10,13,15H2,1H3,(H2,28,32)(H,29,31). The van der Waals surface area contributed by atoms with Crippen LogP contribution in [-0.4, -0.2) is 46.5 Å². The fraction of sp³-hybridized carbons (Fsp3) is 0.296. The molecule has 39 heavy (non-hydrogen) atoms. The fourth-order valence-corrected chi connectivity index (χ4v) is 8.04. The number of anilines is 2. The number of sulfonamides is 1. The number of benzene rings is 2. The molecule has 204 valence electrons. The molecule has 0 unspecified atom stereocenters. The summed E-state index contributed by atoms with van der Waals surface area (Å²) in [6.45, 7) is -0.343. The number of amides is 2. The first-order chi connectivity index (χ1) is 18.7. The number of aryl methyl sites for hydroxylation is 2. The first-order valence-electron chi connectivity index (χ1n) is 12.4. The average Bonchev–Trinajstić information content (AvgIpc) is 3.51. The molecule has 0 spiro atoms. The summed E-state index contributed by atoms with van der Waals surface area (Å²) in [7, 11) is -2.73. The van der Waals surface area contributed by atoms with Crippen LogP contribution in [0.2, 0.25) is 0 Å². The van der Waals surface area contributed by atoms with E-state index in [1.165, 1.54) is 41.0 Å². The van der Waals surface area contributed by atoms with E-state index in [0.717, 1.165) is 41.7 Å². The number of nitrogens with two attached hydrogens (primary N) is 1. The van der Waals surface area contributed by atoms with Gasteiger partial charge in [0.1, 0.15) is 15.6 Å². The van der Waals surface area contributed by atoms with Crippen LogP contribution in [0.25, 0.3) is 0 Å². The van der Waals surface area contributed by atoms with Crippen LogP contribution in [0.5, 0.6) is 5.75 Å². The van der Waals surface area contributed by atoms with Crippen molar-refractivity contribution in [3.63, 3.8) is 0 Å². The number of nitrogens with one attached hydrogen (secondary N) is 1. The smallest absolute Gasteiger partial charge is 0.338 e. The number of ether oxygens (including phenoxy) is 2. The number of fused-ring (bicyclic) bond motifs is 2. The molecule has 5 rings (SSSR count). The second-order valence-electron chi connectivity index (χ2n) is 9.23. The molecule has 0 saturated heterocycles. The Hall–Kier alpha value is -3.90. The number of para-hydroxylation sites is 1. The maximum absolute atomic E-state index is 13.7. The molecule has 1 aliphatic carbocycles. The van der Waals surface area contributed by atoms with E-state index in [4.69, 9.17) is 15.2 Å². The van der Waals surface area contributed by atoms with E-state index >= 15 is 0 Å². The molecule has 2 heterocycles. The predicted molar refractivity (Wildman–Crippen MR) is 146 cm³/mol. The predicted octanol–water partition coefficient (Wildman–Crippen LogP) is 3.28. The van der Waals surface area contributed by atoms with Gasteiger partial charge in [-0.25, -0.2) is 13.2 Å². The first-order valence-corrected chi connectivity index (χ1v) is 14.7. The van der Waals surface area contributed by atoms with Gasteiger partial charge in [-0.2, -0.15) is 0 Å². The minimum atomic E-state index is -4.08. The fourth-order valence-electron chi connectivity index (χ4n) is 5.00. The van der Waals surface area contributed by atoms with Crippen LogP contribution in [0, 0.1) is 0 Å². The van der Waals surface area contributed by atoms with Gasteiger partial charge in [-0.3, -0.25) is 13.9 Å². The van der Waals surface area contributed by atoms with Gasteiger partial charge >= 0.3 is 5.97 Å². The summed E-state index contributed by atoms with van der Waals surface area (Å²) in [5.74, 6) is -2.06. The Balaban J connectivity index is 1.33. The highest BCUT2D eigenvalue weighted by atomic mass is 32.2. The Morgan fingerprint density at radius 2 is 1.87 bits per heavy atom. The molecular weight excluding hydrogens is 542 g/mol. The Kier molecular flexibility index (Phi) is 7.32. The van der Waals surface area contributed by atoms with Crippen LogP contribution < -0.4 is 20.1 Å². The third-order valence-corrected chi connectivity index (χ3v) is 9.83. The lowest BCUT2D eigenvalue weighted by molar-refractivity contribution is -0.119. The topological polar surface area (TPSA) is 145 Å². The number of primary amides is 1. The number of hydrogen-bond donors (Lipinski definition) is 2. The van der Waals surface area contributed by atoms with Crippen molar-refractivity contribution in [1.82, 2.24) is 0 Å². The van der Waals surface area contributed by atoms with E-state index in [2.05, 4.69) is 5.32 Å². The second kappa shape index (κ2) is 10.7. The Morgan fingerprint density at radius 1 is 1.08 bits per heavy atom. The number of esters is 1. The highest BCUT2D eigenvalue weighted by Gasteiger charge is 2.32. The molecule has 10 nitrogen and oxygen atoms in total. The monoisotopic (exact) mass is 569 g/mol. The summed E-state index contributed by atoms with van der Waals surface area (Å²) in [4.78, 5) is 38.1. The van der Waals surface area contributed by atoms with Gasteiger partial charge in [-0.1, -0.05) is 18.2 Å². The highest BCUT2D eigenvalue weighted by Crippen LogP contribution is 2.39. The molecule has 3 N–H and O–H groups in total. The maximum Gasteiger partial charge on any atom is 0.338 e. The lowest BCUT2D eigenvalue weighted by atomic mass is 10.0. The number of nitrogens with zero attached hydrogens (tertiary/aromatic N) is 1. The number of rotatable bonds is 8. The molecule has 3 aromatic rings. The van der Waals surface area contributed by atoms with Crippen molar-refractivity contribution in [2.24, 2.45) is 5.73 Å². The zero-order valence-electron chi connectivity index (χ0n) is 21.2. The molecule has 2 aliphatic rings. The van der Waals surface area contributed by atoms with Crippen molar-refractivity contribution in [1.29, 1.82) is 0 Å². The lowest BCUT2D eigenvalue weighted by Crippen LogP contribution is -2.35. The molecule has 0 fully saturated rings. The molecule has 1 aromatic heterocycles. The molecule has 0 saturated carbocycles. The minimum Gasteiger partial charge on any atom is -0.495 e. The van der Waals surface area contributed by atoms with Crippen molar-refractivity contribution in [2.45, 2.75) is 37.0 Å². The number of carbonyl (C=O) groups is 3. The zero-order chi connectivity index (χ0) is 27.7. The minimum absolute atomic E-state index is 0.0552. The normalized spacial score (nSPS) is 14.3. The number of carbonyl (C=O) groups excluding carboxylic acids is 3. The lowest BCUT2D eigenvalue weighted by Gasteiger charge is -2.30. The van der Waals surface area contributed by atoms with Gasteiger partial charge in [-0.05, 0) is 67.5 Å². The quantitative estimate of drug-likeness (QED) is 0.396. The zero-order valence-corrected chi connectivity index (χ0v) is 22.8. The number of thiophene rings is 1. The summed E-state index contributed by atoms with van der Waals surface area (Å²) in [5, 5.41) is 2.95. The Morgan fingerprint density at radius 3 is 2.64 bits per heavy atom. The van der Waals surface area contributed by atoms with E-state index in [-0.39, 0.29) is 22.8 Å². The summed E-state index contributed by atoms with van der Waals surface area (Å²) in [6, 6.07) is 11.2. The Labute approximate surface area is 229 Å². The van der Waals surface area contributed by atoms with Crippen LogP contribution in [0.3, 0.4) is 0 Å². The molecule has 2 amide bonds. The highest BCUT2D eigenvalue weighted by molar-refractivity contribution is 7.93. The van der Waals surface area contributed by atoms with Crippen LogP contribution >= 0.6 is 11.3 Å². The molecule has 12 heteroatoms. The molecule has 0 bridgehead atoms. The third-order valence-electron chi connectivity index (χ3n) is 6.79. The van der Waals surface area contributed by atoms with Gasteiger partial charge in [0, 0.05) is 11.4 Å². The van der Waals surface area contributed by atoms with E-state index in [9.17, 15) is 22.8 Å². The van der Waals surface area contributed by atoms with Crippen molar-refractivity contribution in [3.8, 4) is 5.75 Å². The van der Waals surface area contributed by atoms with E-state index < -0.39 is 34.4 Å². The van der Waals surface area contributed by atoms with Crippen molar-refractivity contribution >= 4 is 49.8 Å². The largest absolute Gasteiger partial charge is 0.495 e. The number of methoxy groups -OCH3 is 1. The van der Waals surface area contributed by atoms with Crippen LogP contribution in [0.4, 0.5) is 10.7 Å².